The highest BCUT2D eigenvalue weighted by Crippen LogP contribution is 2.31. The van der Waals surface area contributed by atoms with Gasteiger partial charge in [0.05, 0.1) is 20.6 Å². The molecule has 0 spiro atoms. The first-order chi connectivity index (χ1) is 9.68. The van der Waals surface area contributed by atoms with E-state index < -0.39 is 7.82 Å². The molecule has 1 heterocycles. The maximum atomic E-state index is 10.6. The van der Waals surface area contributed by atoms with Crippen molar-refractivity contribution in [3.63, 3.8) is 0 Å². The number of rotatable bonds is 6. The Kier molecular flexibility index (Phi) is 4.41. The van der Waals surface area contributed by atoms with Gasteiger partial charge in [0, 0.05) is 23.5 Å². The Morgan fingerprint density at radius 3 is 2.81 bits per heavy atom. The zero-order chi connectivity index (χ0) is 15.7. The summed E-state index contributed by atoms with van der Waals surface area (Å²) in [4.78, 5) is 22.4. The molecule has 3 N–H and O–H groups in total. The molecule has 0 aliphatic heterocycles. The van der Waals surface area contributed by atoms with Gasteiger partial charge in [-0.05, 0) is 17.7 Å². The molecule has 1 aromatic heterocycles. The molecule has 0 radical (unpaired) electrons. The molecular formula is C13H19N2O5P. The van der Waals surface area contributed by atoms with Gasteiger partial charge < -0.3 is 24.4 Å². The van der Waals surface area contributed by atoms with Crippen LogP contribution in [0.25, 0.3) is 10.9 Å². The lowest BCUT2D eigenvalue weighted by atomic mass is 10.1. The number of hydrogen-bond donors (Lipinski definition) is 3. The summed E-state index contributed by atoms with van der Waals surface area (Å²) in [6.45, 7) is 0.437. The van der Waals surface area contributed by atoms with E-state index in [0.717, 1.165) is 16.5 Å². The summed E-state index contributed by atoms with van der Waals surface area (Å²) >= 11 is 0. The maximum Gasteiger partial charge on any atom is 0.269 e. The van der Waals surface area contributed by atoms with Crippen LogP contribution in [-0.2, 0) is 15.5 Å². The van der Waals surface area contributed by atoms with E-state index in [1.165, 1.54) is 0 Å². The molecule has 116 valence electrons. The van der Waals surface area contributed by atoms with E-state index in [0.29, 0.717) is 13.0 Å². The van der Waals surface area contributed by atoms with Crippen molar-refractivity contribution in [3.05, 3.63) is 30.0 Å². The molecule has 7 nitrogen and oxygen atoms in total. The van der Waals surface area contributed by atoms with Gasteiger partial charge in [-0.25, -0.2) is 0 Å². The molecule has 0 saturated carbocycles. The van der Waals surface area contributed by atoms with Gasteiger partial charge in [0.25, 0.3) is 7.82 Å². The van der Waals surface area contributed by atoms with Crippen LogP contribution < -0.4 is 4.89 Å². The predicted molar refractivity (Wildman–Crippen MR) is 76.4 cm³/mol. The van der Waals surface area contributed by atoms with Crippen LogP contribution in [0.2, 0.25) is 0 Å². The molecule has 0 bridgehead atoms. The van der Waals surface area contributed by atoms with Gasteiger partial charge in [-0.1, -0.05) is 6.07 Å². The fraction of sp³-hybridized carbons (Fsp3) is 0.385. The van der Waals surface area contributed by atoms with Crippen LogP contribution in [0, 0.1) is 0 Å². The first-order valence-electron chi connectivity index (χ1n) is 6.46. The number of aromatic amines is 1. The van der Waals surface area contributed by atoms with Crippen molar-refractivity contribution in [3.8, 4) is 5.75 Å². The molecule has 1 aromatic carbocycles. The number of phenolic OH excluding ortho intramolecular Hbond substituents is 1. The normalized spacial score (nSPS) is 15.2. The number of aromatic hydroxyl groups is 1. The number of phosphoric acid groups is 1. The van der Waals surface area contributed by atoms with Crippen molar-refractivity contribution >= 4 is 18.7 Å². The number of quaternary nitrogens is 1. The smallest absolute Gasteiger partial charge is 0.269 e. The standard InChI is InChI=1S/C13H19N2O5P/c1-15(2,9-20-21(17,18)19)7-6-10-8-14-11-4-3-5-12(16)13(10)11/h3-5,8,14H,6-7,9H2,1-2H3,(H2-,16,17,18,19). The van der Waals surface area contributed by atoms with Gasteiger partial charge in [-0.15, -0.1) is 0 Å². The lowest BCUT2D eigenvalue weighted by molar-refractivity contribution is -0.906. The number of aromatic nitrogens is 1. The molecule has 0 amide bonds. The quantitative estimate of drug-likeness (QED) is 0.418. The van der Waals surface area contributed by atoms with Crippen molar-refractivity contribution in [2.24, 2.45) is 0 Å². The molecule has 0 aliphatic rings. The topological polar surface area (TPSA) is 106 Å². The minimum atomic E-state index is -4.70. The molecule has 0 aliphatic carbocycles. The number of nitrogens with one attached hydrogen (secondary N) is 1. The molecule has 1 unspecified atom stereocenters. The van der Waals surface area contributed by atoms with E-state index in [2.05, 4.69) is 9.51 Å². The second-order valence-corrected chi connectivity index (χ2v) is 6.85. The Morgan fingerprint density at radius 2 is 2.14 bits per heavy atom. The van der Waals surface area contributed by atoms with Crippen LogP contribution in [0.5, 0.6) is 5.75 Å². The monoisotopic (exact) mass is 314 g/mol. The maximum absolute atomic E-state index is 10.6. The Morgan fingerprint density at radius 1 is 1.43 bits per heavy atom. The molecule has 0 saturated heterocycles. The Hall–Kier alpha value is -1.37. The van der Waals surface area contributed by atoms with E-state index in [1.807, 2.05) is 12.3 Å². The largest absolute Gasteiger partial charge is 0.756 e. The Labute approximate surface area is 122 Å². The van der Waals surface area contributed by atoms with Crippen LogP contribution in [0.4, 0.5) is 0 Å². The average molecular weight is 314 g/mol. The lowest BCUT2D eigenvalue weighted by Gasteiger charge is -2.31. The highest BCUT2D eigenvalue weighted by atomic mass is 31.2. The lowest BCUT2D eigenvalue weighted by Crippen LogP contribution is -2.43. The number of fused-ring (bicyclic) bond motifs is 1. The fourth-order valence-corrected chi connectivity index (χ4v) is 2.61. The zero-order valence-electron chi connectivity index (χ0n) is 11.9. The van der Waals surface area contributed by atoms with Gasteiger partial charge in [0.2, 0.25) is 0 Å². The van der Waals surface area contributed by atoms with Gasteiger partial charge in [-0.2, -0.15) is 0 Å². The number of hydrogen-bond acceptors (Lipinski definition) is 4. The molecule has 1 atom stereocenters. The van der Waals surface area contributed by atoms with Gasteiger partial charge >= 0.3 is 0 Å². The van der Waals surface area contributed by atoms with E-state index in [9.17, 15) is 14.6 Å². The van der Waals surface area contributed by atoms with Crippen LogP contribution in [-0.4, -0.2) is 46.8 Å². The third-order valence-electron chi connectivity index (χ3n) is 3.32. The van der Waals surface area contributed by atoms with Crippen molar-refractivity contribution in [1.29, 1.82) is 0 Å². The summed E-state index contributed by atoms with van der Waals surface area (Å²) in [6.07, 6.45) is 2.46. The fourth-order valence-electron chi connectivity index (χ4n) is 2.15. The van der Waals surface area contributed by atoms with Gasteiger partial charge in [0.1, 0.15) is 5.75 Å². The number of nitrogens with zero attached hydrogens (tertiary/aromatic N) is 1. The molecule has 2 rings (SSSR count). The Bertz CT molecular complexity index is 676. The summed E-state index contributed by atoms with van der Waals surface area (Å²) < 4.78 is 15.3. The molecule has 8 heteroatoms. The van der Waals surface area contributed by atoms with E-state index in [1.54, 1.807) is 26.2 Å². The first kappa shape index (κ1) is 16.0. The molecule has 21 heavy (non-hydrogen) atoms. The van der Waals surface area contributed by atoms with E-state index in [-0.39, 0.29) is 17.0 Å². The predicted octanol–water partition coefficient (Wildman–Crippen LogP) is 0.927. The van der Waals surface area contributed by atoms with Crippen LogP contribution in [0.1, 0.15) is 5.56 Å². The van der Waals surface area contributed by atoms with Crippen molar-refractivity contribution in [2.75, 3.05) is 27.4 Å². The van der Waals surface area contributed by atoms with E-state index >= 15 is 0 Å². The SMILES string of the molecule is C[N+](C)(CCc1c[nH]c2cccc(O)c12)COP(=O)([O-])O. The van der Waals surface area contributed by atoms with Gasteiger partial charge in [0.15, 0.2) is 6.73 Å². The first-order valence-corrected chi connectivity index (χ1v) is 7.96. The highest BCUT2D eigenvalue weighted by Gasteiger charge is 2.19. The molecule has 2 aromatic rings. The van der Waals surface area contributed by atoms with E-state index in [4.69, 9.17) is 4.89 Å². The second kappa shape index (κ2) is 5.79. The molecule has 0 fully saturated rings. The highest BCUT2D eigenvalue weighted by molar-refractivity contribution is 7.44. The zero-order valence-corrected chi connectivity index (χ0v) is 12.8. The number of H-pyrrole nitrogens is 1. The minimum absolute atomic E-state index is 0.147. The molecular weight excluding hydrogens is 295 g/mol. The Balaban J connectivity index is 2.06. The van der Waals surface area contributed by atoms with Gasteiger partial charge in [-0.3, -0.25) is 9.09 Å². The minimum Gasteiger partial charge on any atom is -0.756 e. The van der Waals surface area contributed by atoms with Crippen molar-refractivity contribution in [1.82, 2.24) is 4.98 Å². The van der Waals surface area contributed by atoms with Crippen LogP contribution in [0.3, 0.4) is 0 Å². The third kappa shape index (κ3) is 4.30. The van der Waals surface area contributed by atoms with Crippen LogP contribution in [0.15, 0.2) is 24.4 Å². The van der Waals surface area contributed by atoms with Crippen molar-refractivity contribution < 1.29 is 28.5 Å². The summed E-state index contributed by atoms with van der Waals surface area (Å²) in [5.41, 5.74) is 1.80. The number of phosphoric ester groups is 1. The number of benzene rings is 1. The van der Waals surface area contributed by atoms with Crippen molar-refractivity contribution in [2.45, 2.75) is 6.42 Å². The summed E-state index contributed by atoms with van der Waals surface area (Å²) in [5.74, 6) is 0.213. The second-order valence-electron chi connectivity index (χ2n) is 5.65. The third-order valence-corrected chi connectivity index (χ3v) is 3.76. The summed E-state index contributed by atoms with van der Waals surface area (Å²) in [5, 5.41) is 10.7. The average Bonchev–Trinajstić information content (AvgIpc) is 2.78. The summed E-state index contributed by atoms with van der Waals surface area (Å²) in [6, 6.07) is 5.27. The number of likely N-dealkylation sites (N-methyl/N-ethyl adjacent to an activating group) is 1. The number of phenols is 1. The van der Waals surface area contributed by atoms with Crippen LogP contribution >= 0.6 is 7.82 Å². The summed E-state index contributed by atoms with van der Waals surface area (Å²) in [7, 11) is -1.11.